The van der Waals surface area contributed by atoms with Gasteiger partial charge in [-0.2, -0.15) is 0 Å². The number of nitrogens with zero attached hydrogens (tertiary/aromatic N) is 2. The highest BCUT2D eigenvalue weighted by Crippen LogP contribution is 2.34. The topological polar surface area (TPSA) is 149 Å². The van der Waals surface area contributed by atoms with Gasteiger partial charge < -0.3 is 29.9 Å². The summed E-state index contributed by atoms with van der Waals surface area (Å²) in [6, 6.07) is 0. The van der Waals surface area contributed by atoms with Crippen LogP contribution >= 0.6 is 0 Å². The number of carbonyl (C=O) groups is 2. The molecule has 81 heavy (non-hydrogen) atoms. The maximum atomic E-state index is 12.9. The Hall–Kier alpha value is -1.41. The van der Waals surface area contributed by atoms with Crippen LogP contribution in [0.1, 0.15) is 338 Å². The van der Waals surface area contributed by atoms with Gasteiger partial charge in [-0.15, -0.1) is 0 Å². The first kappa shape index (κ1) is 81.7. The Morgan fingerprint density at radius 2 is 0.753 bits per heavy atom. The average molecular weight is 1160 g/mol. The standard InChI is InChI=1S/C39H77NO5.C28H56FNO4.C2H6/c1-6-10-12-14-16-18-20-22-25-34(41)31-40(32-35(42)26-23-21-19-17-15-13-11-7-2)29-24-27-38(43)45-37(9-4)39-36(28-30-44-39)33(5)8-3;1-3-5-7-9-11-13-15-17-20-26(31)24-30(23-19-22-28(33)34-29)25-27(32)21-18-16-14-12-10-8-6-4-2;1-2/h33-37,39,41-42H,6-32H2,1-5H3;26-27,31-32H,3-25H2,1-2H3;1-2H3. The van der Waals surface area contributed by atoms with Gasteiger partial charge in [-0.25, -0.2) is 4.79 Å². The maximum Gasteiger partial charge on any atom is 0.348 e. The van der Waals surface area contributed by atoms with Crippen molar-refractivity contribution in [3.8, 4) is 0 Å². The summed E-state index contributed by atoms with van der Waals surface area (Å²) in [7, 11) is 0. The second-order valence-corrected chi connectivity index (χ2v) is 24.5. The average Bonchev–Trinajstić information content (AvgIpc) is 4.01. The van der Waals surface area contributed by atoms with Crippen LogP contribution in [0.3, 0.4) is 0 Å². The molecule has 8 unspecified atom stereocenters. The number of ether oxygens (including phenoxy) is 2. The van der Waals surface area contributed by atoms with E-state index in [1.54, 1.807) is 0 Å². The highest BCUT2D eigenvalue weighted by Gasteiger charge is 2.38. The van der Waals surface area contributed by atoms with Crippen LogP contribution in [0, 0.1) is 11.8 Å². The van der Waals surface area contributed by atoms with E-state index in [2.05, 4.69) is 58.3 Å². The lowest BCUT2D eigenvalue weighted by atomic mass is 9.83. The van der Waals surface area contributed by atoms with Gasteiger partial charge in [0.1, 0.15) is 6.10 Å². The molecule has 0 radical (unpaired) electrons. The number of unbranched alkanes of at least 4 members (excludes halogenated alkanes) is 28. The molecule has 12 heteroatoms. The molecule has 1 heterocycles. The first-order valence-electron chi connectivity index (χ1n) is 35.2. The van der Waals surface area contributed by atoms with Gasteiger partial charge in [0, 0.05) is 43.7 Å². The molecule has 0 saturated carbocycles. The van der Waals surface area contributed by atoms with Gasteiger partial charge in [-0.3, -0.25) is 19.5 Å². The Morgan fingerprint density at radius 3 is 1.04 bits per heavy atom. The fourth-order valence-electron chi connectivity index (χ4n) is 11.6. The first-order chi connectivity index (χ1) is 39.4. The van der Waals surface area contributed by atoms with Crippen molar-refractivity contribution in [1.29, 1.82) is 0 Å². The van der Waals surface area contributed by atoms with Crippen molar-refractivity contribution in [2.45, 2.75) is 375 Å². The summed E-state index contributed by atoms with van der Waals surface area (Å²) in [6.45, 7) is 23.6. The summed E-state index contributed by atoms with van der Waals surface area (Å²) in [5.74, 6) is -0.000296. The Morgan fingerprint density at radius 1 is 0.457 bits per heavy atom. The van der Waals surface area contributed by atoms with E-state index in [0.717, 1.165) is 90.1 Å². The number of esters is 1. The number of carbonyl (C=O) groups excluding carboxylic acids is 2. The Balaban J connectivity index is 0. The number of rotatable bonds is 57. The van der Waals surface area contributed by atoms with Crippen molar-refractivity contribution in [1.82, 2.24) is 9.80 Å². The zero-order chi connectivity index (χ0) is 60.4. The van der Waals surface area contributed by atoms with Gasteiger partial charge in [-0.05, 0) is 76.3 Å². The van der Waals surface area contributed by atoms with E-state index in [-0.39, 0.29) is 24.6 Å². The third-order valence-electron chi connectivity index (χ3n) is 16.8. The van der Waals surface area contributed by atoms with Crippen molar-refractivity contribution in [3.05, 3.63) is 0 Å². The molecule has 1 aliphatic heterocycles. The van der Waals surface area contributed by atoms with Gasteiger partial charge in [-0.1, -0.05) is 274 Å². The normalized spacial score (nSPS) is 16.5. The van der Waals surface area contributed by atoms with Crippen LogP contribution in [0.5, 0.6) is 0 Å². The number of hydrogen-bond donors (Lipinski definition) is 4. The highest BCUT2D eigenvalue weighted by atomic mass is 19.3. The second-order valence-electron chi connectivity index (χ2n) is 24.5. The Labute approximate surface area is 501 Å². The van der Waals surface area contributed by atoms with E-state index in [1.807, 2.05) is 18.7 Å². The number of aliphatic hydroxyl groups is 4. The smallest absolute Gasteiger partial charge is 0.348 e. The molecule has 1 rings (SSSR count). The van der Waals surface area contributed by atoms with E-state index in [1.165, 1.54) is 167 Å². The minimum atomic E-state index is -0.862. The summed E-state index contributed by atoms with van der Waals surface area (Å²) < 4.78 is 24.0. The predicted molar refractivity (Wildman–Crippen MR) is 340 cm³/mol. The second kappa shape index (κ2) is 61.7. The number of hydrogen-bond acceptors (Lipinski definition) is 11. The van der Waals surface area contributed by atoms with Crippen molar-refractivity contribution in [2.75, 3.05) is 45.9 Å². The summed E-state index contributed by atoms with van der Waals surface area (Å²) >= 11 is 0. The third-order valence-corrected chi connectivity index (χ3v) is 16.8. The molecule has 486 valence electrons. The van der Waals surface area contributed by atoms with E-state index < -0.39 is 30.4 Å². The van der Waals surface area contributed by atoms with E-state index in [9.17, 15) is 34.5 Å². The summed E-state index contributed by atoms with van der Waals surface area (Å²) in [5.41, 5.74) is 0. The molecule has 11 nitrogen and oxygen atoms in total. The predicted octanol–water partition coefficient (Wildman–Crippen LogP) is 17.9. The molecule has 8 atom stereocenters. The zero-order valence-electron chi connectivity index (χ0n) is 55.1. The fraction of sp³-hybridized carbons (Fsp3) is 0.971. The van der Waals surface area contributed by atoms with Crippen molar-refractivity contribution < 1.29 is 49.0 Å². The molecule has 0 aromatic rings. The van der Waals surface area contributed by atoms with Crippen LogP contribution in [0.2, 0.25) is 0 Å². The van der Waals surface area contributed by atoms with Crippen LogP contribution in [-0.4, -0.2) is 125 Å². The molecule has 1 saturated heterocycles. The van der Waals surface area contributed by atoms with Crippen LogP contribution in [0.25, 0.3) is 0 Å². The van der Waals surface area contributed by atoms with E-state index >= 15 is 0 Å². The molecular formula is C69H139FN2O9. The third kappa shape index (κ3) is 51.5. The van der Waals surface area contributed by atoms with Gasteiger partial charge >= 0.3 is 11.9 Å². The van der Waals surface area contributed by atoms with Gasteiger partial charge in [0.15, 0.2) is 0 Å². The van der Waals surface area contributed by atoms with Gasteiger partial charge in [0.05, 0.1) is 36.9 Å². The molecule has 4 N–H and O–H groups in total. The van der Waals surface area contributed by atoms with E-state index in [4.69, 9.17) is 9.47 Å². The van der Waals surface area contributed by atoms with Crippen molar-refractivity contribution >= 4 is 11.9 Å². The monoisotopic (exact) mass is 1160 g/mol. The minimum Gasteiger partial charge on any atom is -0.460 e. The molecule has 1 fully saturated rings. The summed E-state index contributed by atoms with van der Waals surface area (Å²) in [4.78, 5) is 31.5. The molecular weight excluding hydrogens is 1020 g/mol. The summed E-state index contributed by atoms with van der Waals surface area (Å²) in [5, 5.41) is 42.8. The van der Waals surface area contributed by atoms with Gasteiger partial charge in [0.2, 0.25) is 0 Å². The lowest BCUT2D eigenvalue weighted by molar-refractivity contribution is -0.183. The molecule has 0 aromatic heterocycles. The van der Waals surface area contributed by atoms with Crippen molar-refractivity contribution in [3.63, 3.8) is 0 Å². The van der Waals surface area contributed by atoms with E-state index in [0.29, 0.717) is 70.4 Å². The largest absolute Gasteiger partial charge is 0.460 e. The summed E-state index contributed by atoms with van der Waals surface area (Å²) in [6.07, 6.45) is 45.6. The molecule has 0 aromatic carbocycles. The molecule has 1 aliphatic rings. The zero-order valence-corrected chi connectivity index (χ0v) is 55.1. The lowest BCUT2D eigenvalue weighted by Crippen LogP contribution is -2.39. The van der Waals surface area contributed by atoms with Crippen molar-refractivity contribution in [2.24, 2.45) is 11.8 Å². The SMILES string of the molecule is CC.CCCCCCCCCCC(O)CN(CCCC(=O)OC(CC)C1OCCC1C(C)CC)CC(O)CCCCCCCCCC.CCCCCCCCCCC(O)CN(CCCC(=O)OF)CC(O)CCCCCCCCCC. The minimum absolute atomic E-state index is 0.00312. The molecule has 0 spiro atoms. The molecule has 0 amide bonds. The Kier molecular flexibility index (Phi) is 62.2. The maximum absolute atomic E-state index is 12.9. The number of aliphatic hydroxyl groups excluding tert-OH is 4. The number of halogens is 1. The lowest BCUT2D eigenvalue weighted by Gasteiger charge is -2.30. The molecule has 0 aliphatic carbocycles. The van der Waals surface area contributed by atoms with Gasteiger partial charge in [0.25, 0.3) is 0 Å². The van der Waals surface area contributed by atoms with Crippen LogP contribution in [-0.2, 0) is 24.0 Å². The Bertz CT molecular complexity index is 1250. The fourth-order valence-corrected chi connectivity index (χ4v) is 11.6. The first-order valence-corrected chi connectivity index (χ1v) is 35.2. The van der Waals surface area contributed by atoms with Crippen LogP contribution in [0.4, 0.5) is 4.53 Å². The molecule has 0 bridgehead atoms. The quantitative estimate of drug-likeness (QED) is 0.0341. The van der Waals surface area contributed by atoms with Crippen LogP contribution in [0.15, 0.2) is 0 Å². The van der Waals surface area contributed by atoms with Crippen LogP contribution < -0.4 is 0 Å². The highest BCUT2D eigenvalue weighted by molar-refractivity contribution is 5.69.